The minimum atomic E-state index is -3.60. The minimum Gasteiger partial charge on any atom is -0.493 e. The van der Waals surface area contributed by atoms with Gasteiger partial charge in [-0.15, -0.1) is 0 Å². The van der Waals surface area contributed by atoms with Gasteiger partial charge in [-0.3, -0.25) is 14.9 Å². The molecule has 0 aliphatic carbocycles. The number of amides is 2. The summed E-state index contributed by atoms with van der Waals surface area (Å²) in [5, 5.41) is 0.998. The van der Waals surface area contributed by atoms with E-state index in [9.17, 15) is 18.0 Å². The Bertz CT molecular complexity index is 1000. The monoisotopic (exact) mass is 449 g/mol. The Morgan fingerprint density at radius 1 is 0.967 bits per heavy atom. The summed E-state index contributed by atoms with van der Waals surface area (Å²) in [6.07, 6.45) is 1.14. The fraction of sp³-hybridized carbons (Fsp3) is 0.333. The summed E-state index contributed by atoms with van der Waals surface area (Å²) in [5.74, 6) is 0.754. The van der Waals surface area contributed by atoms with Crippen LogP contribution in [0.15, 0.2) is 48.5 Å². The first-order valence-electron chi connectivity index (χ1n) is 9.48. The summed E-state index contributed by atoms with van der Waals surface area (Å²) in [5.41, 5.74) is 1.95. The number of carbonyl (C=O) groups excluding carboxylic acids is 2. The van der Waals surface area contributed by atoms with E-state index < -0.39 is 15.4 Å². The van der Waals surface area contributed by atoms with E-state index in [1.807, 2.05) is 36.4 Å². The number of hydrogen-bond donors (Lipinski definition) is 1. The van der Waals surface area contributed by atoms with E-state index in [2.05, 4.69) is 5.32 Å². The van der Waals surface area contributed by atoms with Gasteiger partial charge in [0.1, 0.15) is 11.5 Å². The van der Waals surface area contributed by atoms with Crippen molar-refractivity contribution in [2.45, 2.75) is 37.2 Å². The summed E-state index contributed by atoms with van der Waals surface area (Å²) in [4.78, 5) is 22.9. The van der Waals surface area contributed by atoms with Crippen LogP contribution in [0, 0.1) is 0 Å². The second-order valence-electron chi connectivity index (χ2n) is 7.10. The van der Waals surface area contributed by atoms with Crippen LogP contribution in [-0.2, 0) is 27.8 Å². The number of ether oxygens (including phenoxy) is 1. The molecule has 1 fully saturated rings. The van der Waals surface area contributed by atoms with E-state index in [1.165, 1.54) is 0 Å². The molecule has 1 saturated heterocycles. The van der Waals surface area contributed by atoms with Crippen molar-refractivity contribution in [2.75, 3.05) is 6.61 Å². The van der Waals surface area contributed by atoms with Crippen molar-refractivity contribution < 1.29 is 26.9 Å². The summed E-state index contributed by atoms with van der Waals surface area (Å²) in [7, 11) is -3.60. The van der Waals surface area contributed by atoms with Crippen LogP contribution in [0.2, 0.25) is 0 Å². The van der Waals surface area contributed by atoms with Crippen LogP contribution in [0.3, 0.4) is 0 Å². The van der Waals surface area contributed by atoms with Gasteiger partial charge in [-0.25, -0.2) is 0 Å². The zero-order valence-corrected chi connectivity index (χ0v) is 18.3. The summed E-state index contributed by atoms with van der Waals surface area (Å²) in [6, 6.07) is 14.3. The fourth-order valence-electron chi connectivity index (χ4n) is 2.69. The van der Waals surface area contributed by atoms with Gasteiger partial charge in [0.25, 0.3) is 5.24 Å². The van der Waals surface area contributed by atoms with Crippen molar-refractivity contribution in [3.8, 4) is 11.5 Å². The third-order valence-corrected chi connectivity index (χ3v) is 7.04. The molecule has 0 saturated carbocycles. The molecule has 7 nitrogen and oxygen atoms in total. The van der Waals surface area contributed by atoms with Gasteiger partial charge >= 0.3 is 10.1 Å². The van der Waals surface area contributed by atoms with Crippen molar-refractivity contribution in [3.05, 3.63) is 59.7 Å². The Morgan fingerprint density at radius 3 is 2.13 bits per heavy atom. The minimum absolute atomic E-state index is 0.247. The Hall–Kier alpha value is -2.52. The fourth-order valence-corrected chi connectivity index (χ4v) is 4.12. The number of benzene rings is 2. The van der Waals surface area contributed by atoms with Crippen molar-refractivity contribution in [1.29, 1.82) is 0 Å². The lowest BCUT2D eigenvalue weighted by Crippen LogP contribution is -2.25. The van der Waals surface area contributed by atoms with Gasteiger partial charge in [0.2, 0.25) is 5.91 Å². The van der Waals surface area contributed by atoms with E-state index in [1.54, 1.807) is 26.0 Å². The van der Waals surface area contributed by atoms with E-state index in [0.717, 1.165) is 22.9 Å². The number of nitrogens with one attached hydrogen (secondary N) is 1. The molecule has 0 bridgehead atoms. The highest BCUT2D eigenvalue weighted by Crippen LogP contribution is 2.24. The molecule has 2 aromatic rings. The second kappa shape index (κ2) is 9.53. The van der Waals surface area contributed by atoms with Crippen molar-refractivity contribution in [3.63, 3.8) is 0 Å². The summed E-state index contributed by atoms with van der Waals surface area (Å²) in [6.45, 7) is 3.59. The highest BCUT2D eigenvalue weighted by Gasteiger charge is 2.31. The molecule has 1 heterocycles. The SMILES string of the molecule is CC(C)S(=O)(=O)Oc1ccc(CCOc2ccc(CC3SC(=O)NC3=O)cc2)cc1. The number of carbonyl (C=O) groups is 2. The van der Waals surface area contributed by atoms with E-state index in [0.29, 0.717) is 30.9 Å². The lowest BCUT2D eigenvalue weighted by molar-refractivity contribution is -0.118. The second-order valence-corrected chi connectivity index (χ2v) is 10.4. The Morgan fingerprint density at radius 2 is 1.57 bits per heavy atom. The molecule has 1 N–H and O–H groups in total. The van der Waals surface area contributed by atoms with Gasteiger partial charge in [-0.2, -0.15) is 8.42 Å². The molecular formula is C21H23NO6S2. The molecule has 160 valence electrons. The molecule has 2 aromatic carbocycles. The first kappa shape index (κ1) is 22.2. The van der Waals surface area contributed by atoms with E-state index in [-0.39, 0.29) is 16.4 Å². The third-order valence-electron chi connectivity index (χ3n) is 4.48. The average molecular weight is 450 g/mol. The number of hydrogen-bond acceptors (Lipinski definition) is 7. The van der Waals surface area contributed by atoms with Crippen LogP contribution < -0.4 is 14.2 Å². The van der Waals surface area contributed by atoms with Crippen LogP contribution in [0.1, 0.15) is 25.0 Å². The maximum Gasteiger partial charge on any atom is 0.311 e. The number of thioether (sulfide) groups is 1. The quantitative estimate of drug-likeness (QED) is 0.586. The molecule has 1 atom stereocenters. The van der Waals surface area contributed by atoms with Gasteiger partial charge in [-0.05, 0) is 55.7 Å². The van der Waals surface area contributed by atoms with Crippen LogP contribution >= 0.6 is 11.8 Å². The molecule has 1 unspecified atom stereocenters. The molecule has 30 heavy (non-hydrogen) atoms. The molecule has 3 rings (SSSR count). The Labute approximate surface area is 180 Å². The van der Waals surface area contributed by atoms with Crippen LogP contribution in [0.5, 0.6) is 11.5 Å². The van der Waals surface area contributed by atoms with Gasteiger partial charge in [0.15, 0.2) is 0 Å². The molecule has 2 amide bonds. The van der Waals surface area contributed by atoms with E-state index >= 15 is 0 Å². The summed E-state index contributed by atoms with van der Waals surface area (Å²) >= 11 is 1.02. The van der Waals surface area contributed by atoms with E-state index in [4.69, 9.17) is 8.92 Å². The van der Waals surface area contributed by atoms with Crippen molar-refractivity contribution >= 4 is 33.0 Å². The lowest BCUT2D eigenvalue weighted by Gasteiger charge is -2.11. The van der Waals surface area contributed by atoms with Gasteiger partial charge < -0.3 is 8.92 Å². The number of rotatable bonds is 9. The Kier molecular flexibility index (Phi) is 7.04. The van der Waals surface area contributed by atoms with Crippen LogP contribution in [-0.4, -0.2) is 36.7 Å². The topological polar surface area (TPSA) is 98.8 Å². The van der Waals surface area contributed by atoms with Crippen molar-refractivity contribution in [1.82, 2.24) is 5.32 Å². The predicted octanol–water partition coefficient (Wildman–Crippen LogP) is 3.32. The first-order valence-corrected chi connectivity index (χ1v) is 11.8. The normalized spacial score (nSPS) is 16.6. The van der Waals surface area contributed by atoms with Gasteiger partial charge in [0.05, 0.1) is 17.1 Å². The average Bonchev–Trinajstić information content (AvgIpc) is 3.01. The molecular weight excluding hydrogens is 426 g/mol. The third kappa shape index (κ3) is 5.99. The highest BCUT2D eigenvalue weighted by atomic mass is 32.2. The molecule has 0 aromatic heterocycles. The zero-order chi connectivity index (χ0) is 21.7. The largest absolute Gasteiger partial charge is 0.493 e. The molecule has 0 radical (unpaired) electrons. The first-order chi connectivity index (χ1) is 14.2. The predicted molar refractivity (Wildman–Crippen MR) is 115 cm³/mol. The van der Waals surface area contributed by atoms with Gasteiger partial charge in [-0.1, -0.05) is 36.0 Å². The smallest absolute Gasteiger partial charge is 0.311 e. The molecule has 9 heteroatoms. The van der Waals surface area contributed by atoms with Crippen LogP contribution in [0.4, 0.5) is 4.79 Å². The lowest BCUT2D eigenvalue weighted by atomic mass is 10.1. The maximum atomic E-state index is 11.8. The molecule has 1 aliphatic rings. The highest BCUT2D eigenvalue weighted by molar-refractivity contribution is 8.15. The van der Waals surface area contributed by atoms with Crippen LogP contribution in [0.25, 0.3) is 0 Å². The Balaban J connectivity index is 1.46. The summed E-state index contributed by atoms with van der Waals surface area (Å²) < 4.78 is 34.4. The molecule has 0 spiro atoms. The molecule has 1 aliphatic heterocycles. The number of imide groups is 1. The zero-order valence-electron chi connectivity index (χ0n) is 16.7. The van der Waals surface area contributed by atoms with Gasteiger partial charge in [0, 0.05) is 6.42 Å². The van der Waals surface area contributed by atoms with Crippen molar-refractivity contribution in [2.24, 2.45) is 0 Å². The standard InChI is InChI=1S/C21H23NO6S2/c1-14(2)30(25,26)28-18-9-3-15(4-10-18)11-12-27-17-7-5-16(6-8-17)13-19-20(23)22-21(24)29-19/h3-10,14,19H,11-13H2,1-2H3,(H,22,23,24). The maximum absolute atomic E-state index is 11.8.